The first-order chi connectivity index (χ1) is 11.1. The number of benzene rings is 2. The third-order valence-corrected chi connectivity index (χ3v) is 2.97. The molecule has 2 rings (SSSR count). The number of para-hydroxylation sites is 1. The number of rotatable bonds is 6. The van der Waals surface area contributed by atoms with E-state index in [9.17, 15) is 9.18 Å². The second-order valence-electron chi connectivity index (χ2n) is 4.53. The fraction of sp³-hybridized carbons (Fsp3) is 0.176. The Bertz CT molecular complexity index is 740. The standard InChI is InChI=1S/C17H14FNO4/c1-21-16-7-6-12(8-14(16)18)10-23-17(20)11-22-15-5-3-2-4-13(15)9-19/h2-8H,10-11H2,1H3. The van der Waals surface area contributed by atoms with E-state index in [1.807, 2.05) is 6.07 Å². The van der Waals surface area contributed by atoms with Crippen molar-refractivity contribution in [2.75, 3.05) is 13.7 Å². The van der Waals surface area contributed by atoms with Crippen LogP contribution in [0.1, 0.15) is 11.1 Å². The van der Waals surface area contributed by atoms with Crippen LogP contribution >= 0.6 is 0 Å². The summed E-state index contributed by atoms with van der Waals surface area (Å²) in [5.41, 5.74) is 0.826. The van der Waals surface area contributed by atoms with E-state index >= 15 is 0 Å². The second kappa shape index (κ2) is 7.80. The van der Waals surface area contributed by atoms with Gasteiger partial charge < -0.3 is 14.2 Å². The lowest BCUT2D eigenvalue weighted by Gasteiger charge is -2.09. The predicted molar refractivity (Wildman–Crippen MR) is 79.4 cm³/mol. The smallest absolute Gasteiger partial charge is 0.344 e. The molecule has 0 amide bonds. The lowest BCUT2D eigenvalue weighted by molar-refractivity contribution is -0.147. The minimum absolute atomic E-state index is 0.0804. The molecule has 0 saturated carbocycles. The van der Waals surface area contributed by atoms with Gasteiger partial charge in [0.25, 0.3) is 0 Å². The fourth-order valence-electron chi connectivity index (χ4n) is 1.83. The summed E-state index contributed by atoms with van der Waals surface area (Å²) in [7, 11) is 1.37. The zero-order valence-electron chi connectivity index (χ0n) is 12.4. The zero-order chi connectivity index (χ0) is 16.7. The van der Waals surface area contributed by atoms with Gasteiger partial charge in [0, 0.05) is 0 Å². The third kappa shape index (κ3) is 4.45. The summed E-state index contributed by atoms with van der Waals surface area (Å²) >= 11 is 0. The number of hydrogen-bond acceptors (Lipinski definition) is 5. The molecule has 0 atom stereocenters. The molecule has 0 radical (unpaired) electrons. The molecule has 118 valence electrons. The van der Waals surface area contributed by atoms with E-state index in [1.54, 1.807) is 30.3 Å². The van der Waals surface area contributed by atoms with Crippen LogP contribution in [0, 0.1) is 17.1 Å². The highest BCUT2D eigenvalue weighted by Crippen LogP contribution is 2.18. The van der Waals surface area contributed by atoms with Crippen LogP contribution in [-0.4, -0.2) is 19.7 Å². The summed E-state index contributed by atoms with van der Waals surface area (Å²) in [6, 6.07) is 12.8. The number of methoxy groups -OCH3 is 1. The molecule has 6 heteroatoms. The number of nitrogens with zero attached hydrogens (tertiary/aromatic N) is 1. The average molecular weight is 315 g/mol. The van der Waals surface area contributed by atoms with Gasteiger partial charge in [-0.2, -0.15) is 5.26 Å². The number of nitriles is 1. The number of halogens is 1. The Hall–Kier alpha value is -3.07. The van der Waals surface area contributed by atoms with Gasteiger partial charge in [-0.25, -0.2) is 9.18 Å². The largest absolute Gasteiger partial charge is 0.494 e. The van der Waals surface area contributed by atoms with Crippen LogP contribution in [0.2, 0.25) is 0 Å². The highest BCUT2D eigenvalue weighted by molar-refractivity contribution is 5.71. The molecule has 0 N–H and O–H groups in total. The van der Waals surface area contributed by atoms with E-state index in [-0.39, 0.29) is 19.0 Å². The summed E-state index contributed by atoms with van der Waals surface area (Å²) < 4.78 is 28.6. The van der Waals surface area contributed by atoms with Crippen molar-refractivity contribution in [1.82, 2.24) is 0 Å². The van der Waals surface area contributed by atoms with Gasteiger partial charge in [-0.3, -0.25) is 0 Å². The molecule has 0 bridgehead atoms. The van der Waals surface area contributed by atoms with Crippen molar-refractivity contribution in [3.63, 3.8) is 0 Å². The summed E-state index contributed by atoms with van der Waals surface area (Å²) in [6.07, 6.45) is 0. The molecular weight excluding hydrogens is 301 g/mol. The molecule has 0 saturated heterocycles. The molecule has 0 aliphatic carbocycles. The quantitative estimate of drug-likeness (QED) is 0.767. The molecule has 23 heavy (non-hydrogen) atoms. The first kappa shape index (κ1) is 16.3. The Labute approximate surface area is 132 Å². The van der Waals surface area contributed by atoms with Crippen molar-refractivity contribution < 1.29 is 23.4 Å². The van der Waals surface area contributed by atoms with Gasteiger partial charge in [-0.1, -0.05) is 18.2 Å². The molecule has 2 aromatic carbocycles. The average Bonchev–Trinajstić information content (AvgIpc) is 2.58. The molecule has 0 unspecified atom stereocenters. The molecule has 0 aromatic heterocycles. The summed E-state index contributed by atoms with van der Waals surface area (Å²) in [5, 5.41) is 8.91. The monoisotopic (exact) mass is 315 g/mol. The van der Waals surface area contributed by atoms with Crippen molar-refractivity contribution in [3.05, 3.63) is 59.4 Å². The highest BCUT2D eigenvalue weighted by Gasteiger charge is 2.09. The van der Waals surface area contributed by atoms with Crippen LogP contribution in [-0.2, 0) is 16.1 Å². The maximum absolute atomic E-state index is 13.5. The Kier molecular flexibility index (Phi) is 5.53. The predicted octanol–water partition coefficient (Wildman–Crippen LogP) is 2.83. The van der Waals surface area contributed by atoms with Crippen molar-refractivity contribution in [3.8, 4) is 17.6 Å². The number of carbonyl (C=O) groups is 1. The van der Waals surface area contributed by atoms with Crippen LogP contribution in [0.15, 0.2) is 42.5 Å². The molecule has 2 aromatic rings. The molecule has 5 nitrogen and oxygen atoms in total. The first-order valence-corrected chi connectivity index (χ1v) is 6.74. The summed E-state index contributed by atoms with van der Waals surface area (Å²) in [4.78, 5) is 11.6. The van der Waals surface area contributed by atoms with Crippen LogP contribution < -0.4 is 9.47 Å². The lowest BCUT2D eigenvalue weighted by Crippen LogP contribution is -2.15. The highest BCUT2D eigenvalue weighted by atomic mass is 19.1. The van der Waals surface area contributed by atoms with Crippen molar-refractivity contribution in [1.29, 1.82) is 5.26 Å². The molecule has 0 spiro atoms. The van der Waals surface area contributed by atoms with Gasteiger partial charge in [-0.15, -0.1) is 0 Å². The van der Waals surface area contributed by atoms with Crippen LogP contribution in [0.25, 0.3) is 0 Å². The van der Waals surface area contributed by atoms with Crippen LogP contribution in [0.3, 0.4) is 0 Å². The van der Waals surface area contributed by atoms with E-state index in [1.165, 1.54) is 19.2 Å². The molecule has 0 aliphatic heterocycles. The zero-order valence-corrected chi connectivity index (χ0v) is 12.4. The Balaban J connectivity index is 1.86. The lowest BCUT2D eigenvalue weighted by atomic mass is 10.2. The first-order valence-electron chi connectivity index (χ1n) is 6.74. The van der Waals surface area contributed by atoms with E-state index in [4.69, 9.17) is 19.5 Å². The number of esters is 1. The third-order valence-electron chi connectivity index (χ3n) is 2.97. The van der Waals surface area contributed by atoms with E-state index in [2.05, 4.69) is 0 Å². The molecule has 0 aliphatic rings. The van der Waals surface area contributed by atoms with Gasteiger partial charge in [0.2, 0.25) is 0 Å². The molecular formula is C17H14FNO4. The number of hydrogen-bond donors (Lipinski definition) is 0. The van der Waals surface area contributed by atoms with Gasteiger partial charge >= 0.3 is 5.97 Å². The normalized spacial score (nSPS) is 9.78. The van der Waals surface area contributed by atoms with Crippen molar-refractivity contribution in [2.24, 2.45) is 0 Å². The fourth-order valence-corrected chi connectivity index (χ4v) is 1.83. The maximum atomic E-state index is 13.5. The maximum Gasteiger partial charge on any atom is 0.344 e. The van der Waals surface area contributed by atoms with Crippen molar-refractivity contribution >= 4 is 5.97 Å². The van der Waals surface area contributed by atoms with Crippen LogP contribution in [0.5, 0.6) is 11.5 Å². The topological polar surface area (TPSA) is 68.6 Å². The number of carbonyl (C=O) groups excluding carboxylic acids is 1. The van der Waals surface area contributed by atoms with Gasteiger partial charge in [-0.05, 0) is 29.8 Å². The summed E-state index contributed by atoms with van der Waals surface area (Å²) in [6.45, 7) is -0.416. The second-order valence-corrected chi connectivity index (χ2v) is 4.53. The Morgan fingerprint density at radius 1 is 1.22 bits per heavy atom. The van der Waals surface area contributed by atoms with E-state index in [0.717, 1.165) is 0 Å². The van der Waals surface area contributed by atoms with Gasteiger partial charge in [0.1, 0.15) is 18.4 Å². The van der Waals surface area contributed by atoms with Gasteiger partial charge in [0.15, 0.2) is 18.2 Å². The molecule has 0 heterocycles. The Morgan fingerprint density at radius 2 is 2.00 bits per heavy atom. The minimum Gasteiger partial charge on any atom is -0.494 e. The van der Waals surface area contributed by atoms with Crippen LogP contribution in [0.4, 0.5) is 4.39 Å². The summed E-state index contributed by atoms with van der Waals surface area (Å²) in [5.74, 6) is -0.715. The molecule has 0 fully saturated rings. The SMILES string of the molecule is COc1ccc(COC(=O)COc2ccccc2C#N)cc1F. The van der Waals surface area contributed by atoms with E-state index < -0.39 is 11.8 Å². The number of ether oxygens (including phenoxy) is 3. The van der Waals surface area contributed by atoms with Gasteiger partial charge in [0.05, 0.1) is 12.7 Å². The minimum atomic E-state index is -0.617. The van der Waals surface area contributed by atoms with E-state index in [0.29, 0.717) is 16.9 Å². The van der Waals surface area contributed by atoms with Crippen molar-refractivity contribution in [2.45, 2.75) is 6.61 Å². The Morgan fingerprint density at radius 3 is 2.70 bits per heavy atom.